The first-order valence-electron chi connectivity index (χ1n) is 15.8. The number of aldehydes is 1. The van der Waals surface area contributed by atoms with Crippen LogP contribution in [0.3, 0.4) is 0 Å². The number of alkyl halides is 6. The lowest BCUT2D eigenvalue weighted by molar-refractivity contribution is -0.185. The summed E-state index contributed by atoms with van der Waals surface area (Å²) >= 11 is 42.3. The number of carbonyl (C=O) groups is 1. The molecule has 2 aliphatic rings. The van der Waals surface area contributed by atoms with Crippen molar-refractivity contribution in [3.8, 4) is 0 Å². The number of nitrogens with zero attached hydrogens (tertiary/aromatic N) is 2. The van der Waals surface area contributed by atoms with Gasteiger partial charge in [0.25, 0.3) is 0 Å². The number of rotatable bonds is 6. The summed E-state index contributed by atoms with van der Waals surface area (Å²) in [6.07, 6.45) is -8.62. The molecule has 0 aliphatic carbocycles. The Hall–Kier alpha value is -1.61. The van der Waals surface area contributed by atoms with Crippen LogP contribution in [0.5, 0.6) is 0 Å². The molecular formula is C36H26Br2Cl6F6N2O2. The van der Waals surface area contributed by atoms with Crippen LogP contribution in [0.2, 0.25) is 30.1 Å². The number of benzene rings is 4. The van der Waals surface area contributed by atoms with Gasteiger partial charge in [0.1, 0.15) is 10.8 Å². The molecule has 1 N–H and O–H groups in total. The fourth-order valence-corrected chi connectivity index (χ4v) is 8.80. The third kappa shape index (κ3) is 8.48. The van der Waals surface area contributed by atoms with E-state index < -0.39 is 23.2 Å². The Balaban J connectivity index is 0.000000208. The summed E-state index contributed by atoms with van der Waals surface area (Å²) in [6.45, 7) is -0.324. The number of hydrogen-bond donors (Lipinski definition) is 1. The molecule has 2 fully saturated rings. The third-order valence-electron chi connectivity index (χ3n) is 9.74. The lowest BCUT2D eigenvalue weighted by Crippen LogP contribution is -2.44. The minimum Gasteiger partial charge on any atom is -0.392 e. The number of aliphatic hydroxyl groups is 1. The zero-order chi connectivity index (χ0) is 40.0. The van der Waals surface area contributed by atoms with Crippen molar-refractivity contribution in [2.24, 2.45) is 0 Å². The molecule has 290 valence electrons. The van der Waals surface area contributed by atoms with Gasteiger partial charge in [0, 0.05) is 52.1 Å². The van der Waals surface area contributed by atoms with Gasteiger partial charge >= 0.3 is 12.4 Å². The second-order valence-corrected chi connectivity index (χ2v) is 16.9. The maximum absolute atomic E-state index is 14.2. The Bertz CT molecular complexity index is 2030. The van der Waals surface area contributed by atoms with Gasteiger partial charge in [-0.25, -0.2) is 0 Å². The van der Waals surface area contributed by atoms with Crippen molar-refractivity contribution in [1.82, 2.24) is 0 Å². The summed E-state index contributed by atoms with van der Waals surface area (Å²) in [6, 6.07) is 14.9. The van der Waals surface area contributed by atoms with Gasteiger partial charge in [-0.15, -0.1) is 0 Å². The lowest BCUT2D eigenvalue weighted by atomic mass is 9.79. The van der Waals surface area contributed by atoms with E-state index in [2.05, 4.69) is 31.9 Å². The van der Waals surface area contributed by atoms with Crippen LogP contribution >= 0.6 is 101 Å². The molecule has 0 aromatic heterocycles. The fraction of sp³-hybridized carbons (Fsp3) is 0.306. The van der Waals surface area contributed by atoms with E-state index in [0.29, 0.717) is 37.7 Å². The van der Waals surface area contributed by atoms with E-state index in [1.807, 2.05) is 0 Å². The first kappa shape index (κ1) is 43.5. The Morgan fingerprint density at radius 3 is 1.37 bits per heavy atom. The van der Waals surface area contributed by atoms with Crippen LogP contribution in [-0.2, 0) is 17.4 Å². The van der Waals surface area contributed by atoms with Crippen LogP contribution in [0.1, 0.15) is 39.9 Å². The van der Waals surface area contributed by atoms with E-state index in [4.69, 9.17) is 69.6 Å². The van der Waals surface area contributed by atoms with Gasteiger partial charge in [0.15, 0.2) is 6.29 Å². The first-order valence-corrected chi connectivity index (χ1v) is 19.6. The number of hydrogen-bond acceptors (Lipinski definition) is 4. The van der Waals surface area contributed by atoms with Crippen molar-refractivity contribution in [3.63, 3.8) is 0 Å². The highest BCUT2D eigenvalue weighted by atomic mass is 79.9. The van der Waals surface area contributed by atoms with Crippen molar-refractivity contribution in [3.05, 3.63) is 122 Å². The maximum atomic E-state index is 14.2. The molecule has 2 atom stereocenters. The molecule has 0 amide bonds. The quantitative estimate of drug-likeness (QED) is 0.119. The molecule has 0 saturated carbocycles. The molecule has 0 radical (unpaired) electrons. The Morgan fingerprint density at radius 2 is 1.04 bits per heavy atom. The van der Waals surface area contributed by atoms with E-state index in [0.717, 1.165) is 0 Å². The molecule has 4 aromatic rings. The first-order chi connectivity index (χ1) is 25.2. The highest BCUT2D eigenvalue weighted by Crippen LogP contribution is 2.52. The maximum Gasteiger partial charge on any atom is 0.400 e. The average Bonchev–Trinajstić information content (AvgIpc) is 3.77. The standard InChI is InChI=1S/C18H14BrCl3F3NO.C18H12BrCl3F3NO/c2*19-13-7-12(2-1-10(13)8-27)26-4-3-17(9-26,18(23,24)25)11-5-14(20)16(22)15(21)6-11/h1-2,5-7,27H,3-4,8-9H2;1-2,5-8H,3-4,9H2. The van der Waals surface area contributed by atoms with E-state index in [9.17, 15) is 36.2 Å². The highest BCUT2D eigenvalue weighted by Gasteiger charge is 2.60. The molecule has 4 aromatic carbocycles. The molecule has 54 heavy (non-hydrogen) atoms. The minimum atomic E-state index is -4.51. The molecular weight excluding hydrogens is 979 g/mol. The van der Waals surface area contributed by atoms with Crippen LogP contribution in [0, 0.1) is 0 Å². The average molecular weight is 1010 g/mol. The van der Waals surface area contributed by atoms with Crippen LogP contribution < -0.4 is 9.80 Å². The SMILES string of the molecule is O=Cc1ccc(N2CCC(c3cc(Cl)c(Cl)c(Cl)c3)(C(F)(F)F)C2)cc1Br.OCc1ccc(N2CCC(c3cc(Cl)c(Cl)c(Cl)c3)(C(F)(F)F)C2)cc1Br. The Kier molecular flexibility index (Phi) is 13.5. The van der Waals surface area contributed by atoms with E-state index in [1.54, 1.807) is 46.2 Å². The van der Waals surface area contributed by atoms with Crippen LogP contribution in [0.4, 0.5) is 37.7 Å². The van der Waals surface area contributed by atoms with Crippen molar-refractivity contribution >= 4 is 119 Å². The molecule has 2 heterocycles. The number of aliphatic hydroxyl groups excluding tert-OH is 1. The summed E-state index contributed by atoms with van der Waals surface area (Å²) in [4.78, 5) is 14.2. The number of halogens is 14. The smallest absolute Gasteiger partial charge is 0.392 e. The van der Waals surface area contributed by atoms with E-state index >= 15 is 0 Å². The predicted molar refractivity (Wildman–Crippen MR) is 212 cm³/mol. The van der Waals surface area contributed by atoms with Crippen molar-refractivity contribution in [2.75, 3.05) is 36.0 Å². The second kappa shape index (κ2) is 16.7. The molecule has 2 saturated heterocycles. The van der Waals surface area contributed by atoms with Crippen LogP contribution in [0.15, 0.2) is 69.6 Å². The molecule has 6 rings (SSSR count). The van der Waals surface area contributed by atoms with Gasteiger partial charge in [0.2, 0.25) is 0 Å². The lowest BCUT2D eigenvalue weighted by Gasteiger charge is -2.33. The van der Waals surface area contributed by atoms with Crippen molar-refractivity contribution < 1.29 is 36.2 Å². The zero-order valence-electron chi connectivity index (χ0n) is 27.3. The molecule has 4 nitrogen and oxygen atoms in total. The molecule has 18 heteroatoms. The fourth-order valence-electron chi connectivity index (χ4n) is 6.65. The molecule has 0 spiro atoms. The molecule has 0 bridgehead atoms. The topological polar surface area (TPSA) is 43.8 Å². The van der Waals surface area contributed by atoms with Crippen LogP contribution in [0.25, 0.3) is 0 Å². The summed E-state index contributed by atoms with van der Waals surface area (Å²) < 4.78 is 86.1. The van der Waals surface area contributed by atoms with Gasteiger partial charge in [-0.1, -0.05) is 91.6 Å². The normalized spacial score (nSPS) is 20.3. The third-order valence-corrected chi connectivity index (χ3v) is 13.6. The van der Waals surface area contributed by atoms with E-state index in [-0.39, 0.29) is 86.9 Å². The zero-order valence-corrected chi connectivity index (χ0v) is 35.0. The molecule has 2 aliphatic heterocycles. The van der Waals surface area contributed by atoms with Gasteiger partial charge in [0.05, 0.1) is 36.7 Å². The number of anilines is 2. The molecule has 2 unspecified atom stereocenters. The summed E-state index contributed by atoms with van der Waals surface area (Å²) in [5.41, 5.74) is -1.93. The van der Waals surface area contributed by atoms with Gasteiger partial charge in [-0.3, -0.25) is 4.79 Å². The summed E-state index contributed by atoms with van der Waals surface area (Å²) in [5, 5.41) is 9.29. The Labute approximate surface area is 353 Å². The van der Waals surface area contributed by atoms with E-state index in [1.165, 1.54) is 24.3 Å². The van der Waals surface area contributed by atoms with Gasteiger partial charge in [-0.05, 0) is 100 Å². The monoisotopic (exact) mass is 1000 g/mol. The van der Waals surface area contributed by atoms with Crippen molar-refractivity contribution in [2.45, 2.75) is 42.6 Å². The summed E-state index contributed by atoms with van der Waals surface area (Å²) in [7, 11) is 0. The van der Waals surface area contributed by atoms with Gasteiger partial charge < -0.3 is 14.9 Å². The summed E-state index contributed by atoms with van der Waals surface area (Å²) in [5.74, 6) is 0. The minimum absolute atomic E-state index is 0.00273. The van der Waals surface area contributed by atoms with Crippen molar-refractivity contribution in [1.29, 1.82) is 0 Å². The second-order valence-electron chi connectivity index (χ2n) is 12.8. The predicted octanol–water partition coefficient (Wildman–Crippen LogP) is 13.5. The highest BCUT2D eigenvalue weighted by molar-refractivity contribution is 9.10. The Morgan fingerprint density at radius 1 is 0.648 bits per heavy atom. The van der Waals surface area contributed by atoms with Crippen LogP contribution in [-0.4, -0.2) is 49.9 Å². The van der Waals surface area contributed by atoms with Gasteiger partial charge in [-0.2, -0.15) is 26.3 Å². The number of carbonyl (C=O) groups excluding carboxylic acids is 1. The largest absolute Gasteiger partial charge is 0.400 e.